The van der Waals surface area contributed by atoms with Gasteiger partial charge in [-0.25, -0.2) is 9.59 Å². The van der Waals surface area contributed by atoms with Crippen LogP contribution in [-0.4, -0.2) is 28.4 Å². The van der Waals surface area contributed by atoms with Gasteiger partial charge in [0.15, 0.2) is 5.60 Å². The Kier molecular flexibility index (Phi) is 4.96. The number of ether oxygens (including phenoxy) is 2. The summed E-state index contributed by atoms with van der Waals surface area (Å²) < 4.78 is 9.49. The third-order valence-electron chi connectivity index (χ3n) is 3.38. The molecule has 0 heterocycles. The zero-order valence-electron chi connectivity index (χ0n) is 12.2. The van der Waals surface area contributed by atoms with E-state index in [0.717, 1.165) is 32.1 Å². The molecule has 0 aromatic carbocycles. The number of esters is 1. The fourth-order valence-electron chi connectivity index (χ4n) is 2.28. The Morgan fingerprint density at radius 2 is 1.58 bits per heavy atom. The topological polar surface area (TPSA) is 72.8 Å². The maximum atomic E-state index is 11.9. The van der Waals surface area contributed by atoms with E-state index in [1.54, 1.807) is 20.8 Å². The van der Waals surface area contributed by atoms with E-state index in [1.165, 1.54) is 6.92 Å². The first-order chi connectivity index (χ1) is 8.63. The number of carbonyl (C=O) groups excluding carboxylic acids is 2. The average molecular weight is 272 g/mol. The van der Waals surface area contributed by atoms with Gasteiger partial charge in [0.25, 0.3) is 0 Å². The highest BCUT2D eigenvalue weighted by molar-refractivity contribution is 5.87. The number of hydrogen-bond donors (Lipinski definition) is 1. The predicted molar refractivity (Wildman–Crippen MR) is 69.5 cm³/mol. The molecule has 0 saturated heterocycles. The molecule has 5 heteroatoms. The number of aliphatic hydroxyl groups is 1. The van der Waals surface area contributed by atoms with Gasteiger partial charge in [0.1, 0.15) is 5.60 Å². The summed E-state index contributed by atoms with van der Waals surface area (Å²) in [6.07, 6.45) is 3.58. The molecular weight excluding hydrogens is 248 g/mol. The summed E-state index contributed by atoms with van der Waals surface area (Å²) in [5.41, 5.74) is -2.36. The first kappa shape index (κ1) is 16.0. The van der Waals surface area contributed by atoms with Crippen molar-refractivity contribution in [2.24, 2.45) is 5.92 Å². The highest BCUT2D eigenvalue weighted by atomic mass is 16.8. The lowest BCUT2D eigenvalue weighted by atomic mass is 9.78. The zero-order valence-corrected chi connectivity index (χ0v) is 12.2. The van der Waals surface area contributed by atoms with Crippen LogP contribution in [0.1, 0.15) is 59.8 Å². The van der Waals surface area contributed by atoms with Crippen LogP contribution in [0.5, 0.6) is 0 Å². The van der Waals surface area contributed by atoms with Gasteiger partial charge in [-0.1, -0.05) is 19.3 Å². The van der Waals surface area contributed by atoms with E-state index in [0.29, 0.717) is 0 Å². The maximum Gasteiger partial charge on any atom is 0.516 e. The zero-order chi connectivity index (χ0) is 14.7. The second-order valence-corrected chi connectivity index (χ2v) is 6.34. The van der Waals surface area contributed by atoms with Crippen molar-refractivity contribution in [3.8, 4) is 0 Å². The van der Waals surface area contributed by atoms with Crippen LogP contribution in [0, 0.1) is 5.92 Å². The molecule has 0 radical (unpaired) electrons. The number of rotatable bonds is 2. The van der Waals surface area contributed by atoms with Crippen molar-refractivity contribution in [2.75, 3.05) is 0 Å². The predicted octanol–water partition coefficient (Wildman–Crippen LogP) is 2.80. The van der Waals surface area contributed by atoms with E-state index in [4.69, 9.17) is 4.74 Å². The van der Waals surface area contributed by atoms with E-state index in [2.05, 4.69) is 4.74 Å². The van der Waals surface area contributed by atoms with Crippen molar-refractivity contribution in [1.82, 2.24) is 0 Å². The molecule has 1 atom stereocenters. The van der Waals surface area contributed by atoms with Crippen molar-refractivity contribution in [1.29, 1.82) is 0 Å². The maximum absolute atomic E-state index is 11.9. The van der Waals surface area contributed by atoms with Crippen LogP contribution in [0.25, 0.3) is 0 Å². The van der Waals surface area contributed by atoms with E-state index < -0.39 is 23.3 Å². The SMILES string of the molecule is CC(C)(C)OC(=O)OC(=O)[C@](C)(O)C1CCCCC1. The van der Waals surface area contributed by atoms with Crippen LogP contribution in [0.2, 0.25) is 0 Å². The molecule has 0 bridgehead atoms. The van der Waals surface area contributed by atoms with Crippen LogP contribution in [0.4, 0.5) is 4.79 Å². The molecule has 1 fully saturated rings. The van der Waals surface area contributed by atoms with Crippen molar-refractivity contribution in [2.45, 2.75) is 71.0 Å². The van der Waals surface area contributed by atoms with E-state index in [1.807, 2.05) is 0 Å². The number of hydrogen-bond acceptors (Lipinski definition) is 5. The molecule has 1 N–H and O–H groups in total. The molecule has 0 spiro atoms. The largest absolute Gasteiger partial charge is 0.516 e. The van der Waals surface area contributed by atoms with Gasteiger partial charge in [0, 0.05) is 0 Å². The van der Waals surface area contributed by atoms with Crippen molar-refractivity contribution in [3.63, 3.8) is 0 Å². The molecular formula is C14H24O5. The lowest BCUT2D eigenvalue weighted by Crippen LogP contribution is -2.46. The lowest BCUT2D eigenvalue weighted by molar-refractivity contribution is -0.167. The van der Waals surface area contributed by atoms with Crippen LogP contribution in [0.15, 0.2) is 0 Å². The Morgan fingerprint density at radius 3 is 2.05 bits per heavy atom. The molecule has 0 aromatic heterocycles. The second kappa shape index (κ2) is 5.90. The van der Waals surface area contributed by atoms with Gasteiger partial charge in [-0.3, -0.25) is 0 Å². The Labute approximate surface area is 114 Å². The third-order valence-corrected chi connectivity index (χ3v) is 3.38. The molecule has 1 aliphatic rings. The molecule has 19 heavy (non-hydrogen) atoms. The normalized spacial score (nSPS) is 20.5. The Hall–Kier alpha value is -1.10. The summed E-state index contributed by atoms with van der Waals surface area (Å²) in [7, 11) is 0. The summed E-state index contributed by atoms with van der Waals surface area (Å²) in [5, 5.41) is 10.3. The molecule has 1 rings (SSSR count). The first-order valence-electron chi connectivity index (χ1n) is 6.80. The van der Waals surface area contributed by atoms with Gasteiger partial charge in [-0.15, -0.1) is 0 Å². The summed E-state index contributed by atoms with van der Waals surface area (Å²) in [4.78, 5) is 23.3. The molecule has 0 amide bonds. The quantitative estimate of drug-likeness (QED) is 0.618. The minimum Gasteiger partial charge on any atom is -0.428 e. The number of carbonyl (C=O) groups is 2. The van der Waals surface area contributed by atoms with E-state index in [9.17, 15) is 14.7 Å². The van der Waals surface area contributed by atoms with Crippen molar-refractivity contribution in [3.05, 3.63) is 0 Å². The molecule has 0 aliphatic heterocycles. The van der Waals surface area contributed by atoms with Gasteiger partial charge < -0.3 is 14.6 Å². The smallest absolute Gasteiger partial charge is 0.428 e. The van der Waals surface area contributed by atoms with Crippen LogP contribution in [-0.2, 0) is 14.3 Å². The second-order valence-electron chi connectivity index (χ2n) is 6.34. The van der Waals surface area contributed by atoms with Crippen molar-refractivity contribution < 1.29 is 24.2 Å². The monoisotopic (exact) mass is 272 g/mol. The Balaban J connectivity index is 2.58. The van der Waals surface area contributed by atoms with Gasteiger partial charge in [-0.2, -0.15) is 0 Å². The molecule has 110 valence electrons. The Bertz CT molecular complexity index is 334. The molecule has 5 nitrogen and oxygen atoms in total. The summed E-state index contributed by atoms with van der Waals surface area (Å²) >= 11 is 0. The Morgan fingerprint density at radius 1 is 1.05 bits per heavy atom. The molecule has 1 saturated carbocycles. The highest BCUT2D eigenvalue weighted by Gasteiger charge is 2.42. The fourth-order valence-corrected chi connectivity index (χ4v) is 2.28. The van der Waals surface area contributed by atoms with E-state index >= 15 is 0 Å². The van der Waals surface area contributed by atoms with Gasteiger partial charge in [0.05, 0.1) is 0 Å². The standard InChI is InChI=1S/C14H24O5/c1-13(2,3)19-12(16)18-11(15)14(4,17)10-8-6-5-7-9-10/h10,17H,5-9H2,1-4H3/t14-/m1/s1. The van der Waals surface area contributed by atoms with Gasteiger partial charge in [-0.05, 0) is 46.5 Å². The highest BCUT2D eigenvalue weighted by Crippen LogP contribution is 2.33. The minimum atomic E-state index is -1.63. The van der Waals surface area contributed by atoms with Crippen molar-refractivity contribution >= 4 is 12.1 Å². The minimum absolute atomic E-state index is 0.156. The summed E-state index contributed by atoms with van der Waals surface area (Å²) in [6.45, 7) is 6.45. The van der Waals surface area contributed by atoms with Gasteiger partial charge in [0.2, 0.25) is 0 Å². The summed E-state index contributed by atoms with van der Waals surface area (Å²) in [5.74, 6) is -1.08. The van der Waals surface area contributed by atoms with Crippen LogP contribution < -0.4 is 0 Å². The molecule has 1 aliphatic carbocycles. The molecule has 0 unspecified atom stereocenters. The van der Waals surface area contributed by atoms with E-state index in [-0.39, 0.29) is 5.92 Å². The fraction of sp³-hybridized carbons (Fsp3) is 0.857. The van der Waals surface area contributed by atoms with Crippen LogP contribution in [0.3, 0.4) is 0 Å². The summed E-state index contributed by atoms with van der Waals surface area (Å²) in [6, 6.07) is 0. The van der Waals surface area contributed by atoms with Crippen LogP contribution >= 0.6 is 0 Å². The lowest BCUT2D eigenvalue weighted by Gasteiger charge is -2.33. The van der Waals surface area contributed by atoms with Gasteiger partial charge >= 0.3 is 12.1 Å². The first-order valence-corrected chi connectivity index (χ1v) is 6.80. The third kappa shape index (κ3) is 4.82. The average Bonchev–Trinajstić information content (AvgIpc) is 2.27. The molecule has 0 aromatic rings.